The first kappa shape index (κ1) is 13.2. The smallest absolute Gasteiger partial charge is 0.278 e. The number of rotatable bonds is 2. The molecule has 90 valence electrons. The normalized spacial score (nSPS) is 25.6. The van der Waals surface area contributed by atoms with Crippen LogP contribution in [-0.4, -0.2) is 14.0 Å². The Labute approximate surface area is 99.6 Å². The van der Waals surface area contributed by atoms with E-state index in [1.165, 1.54) is 0 Å². The summed E-state index contributed by atoms with van der Waals surface area (Å²) < 4.78 is 5.58. The Morgan fingerprint density at radius 1 is 1.25 bits per heavy atom. The fourth-order valence-corrected chi connectivity index (χ4v) is 2.15. The molecule has 0 N–H and O–H groups in total. The largest absolute Gasteiger partial charge is 0.456 e. The lowest BCUT2D eigenvalue weighted by atomic mass is 9.91. The van der Waals surface area contributed by atoms with Crippen LogP contribution in [0.25, 0.3) is 0 Å². The zero-order valence-corrected chi connectivity index (χ0v) is 11.6. The molecule has 0 heterocycles. The van der Waals surface area contributed by atoms with E-state index < -0.39 is 8.32 Å². The summed E-state index contributed by atoms with van der Waals surface area (Å²) in [7, 11) is -1.55. The highest BCUT2D eigenvalue weighted by molar-refractivity contribution is 6.69. The van der Waals surface area contributed by atoms with E-state index in [0.29, 0.717) is 0 Å². The molecule has 0 aromatic carbocycles. The minimum Gasteiger partial charge on any atom is -0.456 e. The van der Waals surface area contributed by atoms with Crippen LogP contribution in [0.3, 0.4) is 0 Å². The quantitative estimate of drug-likeness (QED) is 0.544. The lowest BCUT2D eigenvalue weighted by molar-refractivity contribution is 0.330. The van der Waals surface area contributed by atoms with Crippen molar-refractivity contribution in [2.24, 2.45) is 11.1 Å². The van der Waals surface area contributed by atoms with Crippen molar-refractivity contribution in [3.05, 3.63) is 0 Å². The van der Waals surface area contributed by atoms with Crippen LogP contribution < -0.4 is 0 Å². The molecular weight excluding hydrogens is 216 g/mol. The monoisotopic (exact) mass is 238 g/mol. The van der Waals surface area contributed by atoms with Crippen LogP contribution in [0.15, 0.2) is 5.16 Å². The predicted octanol–water partition coefficient (Wildman–Crippen LogP) is 3.69. The van der Waals surface area contributed by atoms with E-state index in [-0.39, 0.29) is 5.92 Å². The maximum atomic E-state index is 8.94. The molecule has 1 aliphatic carbocycles. The highest BCUT2D eigenvalue weighted by Crippen LogP contribution is 2.21. The van der Waals surface area contributed by atoms with Gasteiger partial charge in [-0.25, -0.2) is 0 Å². The molecule has 0 aromatic rings. The number of oxime groups is 1. The highest BCUT2D eigenvalue weighted by Gasteiger charge is 2.18. The first-order chi connectivity index (χ1) is 7.51. The van der Waals surface area contributed by atoms with Gasteiger partial charge in [-0.2, -0.15) is 5.26 Å². The lowest BCUT2D eigenvalue weighted by Gasteiger charge is -2.18. The molecule has 0 aromatic heterocycles. The zero-order chi connectivity index (χ0) is 12.0. The number of nitriles is 1. The second-order valence-electron chi connectivity index (χ2n) is 5.47. The molecule has 3 nitrogen and oxygen atoms in total. The van der Waals surface area contributed by atoms with Crippen molar-refractivity contribution in [1.82, 2.24) is 0 Å². The first-order valence-corrected chi connectivity index (χ1v) is 9.55. The summed E-state index contributed by atoms with van der Waals surface area (Å²) in [6.45, 7) is 6.41. The highest BCUT2D eigenvalue weighted by atomic mass is 28.4. The minimum atomic E-state index is -1.55. The molecule has 1 aliphatic rings. The maximum Gasteiger partial charge on any atom is 0.278 e. The van der Waals surface area contributed by atoms with Gasteiger partial charge in [0.1, 0.15) is 0 Å². The Bertz CT molecular complexity index is 288. The summed E-state index contributed by atoms with van der Waals surface area (Å²) in [6.07, 6.45) is 6.27. The van der Waals surface area contributed by atoms with Crippen molar-refractivity contribution in [1.29, 1.82) is 5.26 Å². The van der Waals surface area contributed by atoms with Gasteiger partial charge >= 0.3 is 0 Å². The molecule has 1 unspecified atom stereocenters. The average Bonchev–Trinajstić information content (AvgIpc) is 2.15. The van der Waals surface area contributed by atoms with Gasteiger partial charge in [-0.3, -0.25) is 0 Å². The second kappa shape index (κ2) is 6.05. The molecule has 1 atom stereocenters. The predicted molar refractivity (Wildman–Crippen MR) is 68.7 cm³/mol. The molecule has 0 bridgehead atoms. The van der Waals surface area contributed by atoms with Crippen molar-refractivity contribution < 1.29 is 4.53 Å². The van der Waals surface area contributed by atoms with Gasteiger partial charge in [0.15, 0.2) is 0 Å². The summed E-state index contributed by atoms with van der Waals surface area (Å²) in [6, 6.07) is 2.38. The van der Waals surface area contributed by atoms with Crippen molar-refractivity contribution >= 4 is 14.0 Å². The van der Waals surface area contributed by atoms with Gasteiger partial charge in [0.25, 0.3) is 8.32 Å². The van der Waals surface area contributed by atoms with Gasteiger partial charge in [-0.15, -0.1) is 5.16 Å². The Kier molecular flexibility index (Phi) is 5.00. The third-order valence-electron chi connectivity index (χ3n) is 2.68. The van der Waals surface area contributed by atoms with Gasteiger partial charge < -0.3 is 4.53 Å². The van der Waals surface area contributed by atoms with Crippen molar-refractivity contribution in [3.63, 3.8) is 0 Å². The Hall–Kier alpha value is -0.823. The maximum absolute atomic E-state index is 8.94. The standard InChI is InChI=1S/C12H22N2OSi/c1-16(2,3)15-14-12-7-5-4-6-11(10-13)8-9-12/h11H,4-9H2,1-3H3. The van der Waals surface area contributed by atoms with Gasteiger partial charge in [0.2, 0.25) is 0 Å². The van der Waals surface area contributed by atoms with Crippen LogP contribution in [0.1, 0.15) is 38.5 Å². The van der Waals surface area contributed by atoms with Gasteiger partial charge in [-0.1, -0.05) is 6.42 Å². The molecule has 0 amide bonds. The number of nitrogens with zero attached hydrogens (tertiary/aromatic N) is 2. The van der Waals surface area contributed by atoms with E-state index >= 15 is 0 Å². The summed E-state index contributed by atoms with van der Waals surface area (Å²) in [5, 5.41) is 13.2. The molecule has 0 aliphatic heterocycles. The molecule has 0 spiro atoms. The molecule has 1 rings (SSSR count). The first-order valence-electron chi connectivity index (χ1n) is 6.15. The molecular formula is C12H22N2OSi. The van der Waals surface area contributed by atoms with E-state index in [4.69, 9.17) is 9.79 Å². The van der Waals surface area contributed by atoms with Crippen LogP contribution in [-0.2, 0) is 4.53 Å². The molecule has 4 heteroatoms. The van der Waals surface area contributed by atoms with E-state index in [1.807, 2.05) is 0 Å². The average molecular weight is 238 g/mol. The summed E-state index contributed by atoms with van der Waals surface area (Å²) in [5.74, 6) is 0.220. The topological polar surface area (TPSA) is 45.4 Å². The van der Waals surface area contributed by atoms with Gasteiger partial charge in [0, 0.05) is 5.92 Å². The molecule has 0 saturated heterocycles. The molecule has 0 radical (unpaired) electrons. The molecule has 16 heavy (non-hydrogen) atoms. The van der Waals surface area contributed by atoms with Crippen molar-refractivity contribution in [2.75, 3.05) is 0 Å². The van der Waals surface area contributed by atoms with E-state index in [0.717, 1.165) is 44.2 Å². The van der Waals surface area contributed by atoms with Crippen molar-refractivity contribution in [2.45, 2.75) is 58.2 Å². The zero-order valence-electron chi connectivity index (χ0n) is 10.6. The second-order valence-corrected chi connectivity index (χ2v) is 9.88. The Morgan fingerprint density at radius 3 is 2.62 bits per heavy atom. The van der Waals surface area contributed by atoms with Crippen molar-refractivity contribution in [3.8, 4) is 6.07 Å². The SMILES string of the molecule is C[Si](C)(C)ON=C1CCCCC(C#N)CC1. The van der Waals surface area contributed by atoms with Gasteiger partial charge in [0.05, 0.1) is 11.8 Å². The summed E-state index contributed by atoms with van der Waals surface area (Å²) >= 11 is 0. The van der Waals surface area contributed by atoms with Crippen LogP contribution >= 0.6 is 0 Å². The molecule has 1 fully saturated rings. The Balaban J connectivity index is 2.50. The molecule has 1 saturated carbocycles. The summed E-state index contributed by atoms with van der Waals surface area (Å²) in [5.41, 5.74) is 1.15. The van der Waals surface area contributed by atoms with Gasteiger partial charge in [-0.05, 0) is 51.7 Å². The third kappa shape index (κ3) is 5.31. The van der Waals surface area contributed by atoms with E-state index in [9.17, 15) is 0 Å². The van der Waals surface area contributed by atoms with Crippen LogP contribution in [0.2, 0.25) is 19.6 Å². The van der Waals surface area contributed by atoms with Crippen LogP contribution in [0.4, 0.5) is 0 Å². The van der Waals surface area contributed by atoms with E-state index in [2.05, 4.69) is 30.9 Å². The minimum absolute atomic E-state index is 0.220. The lowest BCUT2D eigenvalue weighted by Crippen LogP contribution is -2.23. The summed E-state index contributed by atoms with van der Waals surface area (Å²) in [4.78, 5) is 0. The number of hydrogen-bond donors (Lipinski definition) is 0. The fraction of sp³-hybridized carbons (Fsp3) is 0.833. The Morgan fingerprint density at radius 2 is 2.00 bits per heavy atom. The van der Waals surface area contributed by atoms with Crippen LogP contribution in [0, 0.1) is 17.2 Å². The van der Waals surface area contributed by atoms with Crippen LogP contribution in [0.5, 0.6) is 0 Å². The fourth-order valence-electron chi connectivity index (χ4n) is 1.75. The number of hydrogen-bond acceptors (Lipinski definition) is 3. The third-order valence-corrected chi connectivity index (χ3v) is 3.32. The van der Waals surface area contributed by atoms with E-state index in [1.54, 1.807) is 0 Å².